The van der Waals surface area contributed by atoms with Crippen molar-refractivity contribution in [2.24, 2.45) is 0 Å². The molecule has 246 valence electrons. The van der Waals surface area contributed by atoms with E-state index in [2.05, 4.69) is 228 Å². The summed E-state index contributed by atoms with van der Waals surface area (Å²) in [5, 5.41) is 2.44. The second-order valence-corrected chi connectivity index (χ2v) is 13.0. The highest BCUT2D eigenvalue weighted by Gasteiger charge is 2.21. The summed E-state index contributed by atoms with van der Waals surface area (Å²) in [4.78, 5) is 0. The number of fused-ring (bicyclic) bond motifs is 2. The van der Waals surface area contributed by atoms with E-state index in [0.717, 1.165) is 11.4 Å². The van der Waals surface area contributed by atoms with E-state index in [1.165, 1.54) is 66.6 Å². The Morgan fingerprint density at radius 2 is 0.615 bits per heavy atom. The highest BCUT2D eigenvalue weighted by molar-refractivity contribution is 6.02. The molecule has 0 aliphatic carbocycles. The molecule has 2 aromatic heterocycles. The Kier molecular flexibility index (Phi) is 8.24. The Bertz CT molecular complexity index is 2490. The number of aromatic nitrogens is 2. The zero-order valence-corrected chi connectivity index (χ0v) is 28.7. The smallest absolute Gasteiger partial charge is 0.0613 e. The van der Waals surface area contributed by atoms with Crippen molar-refractivity contribution < 1.29 is 0 Å². The third kappa shape index (κ3) is 5.77. The van der Waals surface area contributed by atoms with Gasteiger partial charge in [-0.25, -0.2) is 0 Å². The zero-order chi connectivity index (χ0) is 34.7. The Morgan fingerprint density at radius 3 is 1.00 bits per heavy atom. The van der Waals surface area contributed by atoms with Gasteiger partial charge in [-0.05, 0) is 58.7 Å². The first-order valence-electron chi connectivity index (χ1n) is 17.8. The van der Waals surface area contributed by atoms with Crippen molar-refractivity contribution in [3.8, 4) is 33.9 Å². The van der Waals surface area contributed by atoms with Gasteiger partial charge < -0.3 is 9.13 Å². The fraction of sp³-hybridized carbons (Fsp3) is 0. The fourth-order valence-corrected chi connectivity index (χ4v) is 7.40. The Morgan fingerprint density at radius 1 is 0.288 bits per heavy atom. The number of hydrogen-bond acceptors (Lipinski definition) is 0. The summed E-state index contributed by atoms with van der Waals surface area (Å²) >= 11 is 0. The van der Waals surface area contributed by atoms with Gasteiger partial charge in [0.15, 0.2) is 0 Å². The lowest BCUT2D eigenvalue weighted by molar-refractivity contribution is 1.10. The normalized spacial score (nSPS) is 11.7. The maximum absolute atomic E-state index is 2.42. The molecule has 9 rings (SSSR count). The van der Waals surface area contributed by atoms with E-state index < -0.39 is 0 Å². The standard InChI is InChI=1S/C50H36N2/c1-5-17-37(18-6-1)29-35-45-43-25-13-15-27-47(43)51(49(45)39-21-9-3-10-22-39)41-31-33-42(34-32-41)52-48-28-16-14-26-44(48)46(36-30-38-19-7-2-8-20-38)50(52)40-23-11-4-12-24-40/h1-36H/b35-29+,36-30+. The molecule has 0 radical (unpaired) electrons. The number of nitrogens with zero attached hydrogens (tertiary/aromatic N) is 2. The molecule has 0 N–H and O–H groups in total. The minimum atomic E-state index is 1.11. The van der Waals surface area contributed by atoms with Crippen molar-refractivity contribution in [3.63, 3.8) is 0 Å². The number of benzene rings is 7. The lowest BCUT2D eigenvalue weighted by Crippen LogP contribution is -2.00. The van der Waals surface area contributed by atoms with Crippen LogP contribution in [-0.2, 0) is 0 Å². The minimum absolute atomic E-state index is 1.11. The van der Waals surface area contributed by atoms with Gasteiger partial charge in [0.2, 0.25) is 0 Å². The predicted octanol–water partition coefficient (Wildman–Crippen LogP) is 13.2. The first-order valence-corrected chi connectivity index (χ1v) is 17.8. The first kappa shape index (κ1) is 31.1. The molecule has 0 amide bonds. The molecule has 0 aliphatic rings. The molecule has 0 unspecified atom stereocenters. The summed E-state index contributed by atoms with van der Waals surface area (Å²) < 4.78 is 4.83. The molecule has 7 aromatic carbocycles. The second kappa shape index (κ2) is 13.8. The molecule has 0 atom stereocenters. The quantitative estimate of drug-likeness (QED) is 0.153. The molecule has 0 saturated heterocycles. The zero-order valence-electron chi connectivity index (χ0n) is 28.7. The summed E-state index contributed by atoms with van der Waals surface area (Å²) in [5.74, 6) is 0. The van der Waals surface area contributed by atoms with Gasteiger partial charge in [-0.2, -0.15) is 0 Å². The van der Waals surface area contributed by atoms with Crippen molar-refractivity contribution in [2.75, 3.05) is 0 Å². The van der Waals surface area contributed by atoms with Crippen molar-refractivity contribution >= 4 is 46.1 Å². The second-order valence-electron chi connectivity index (χ2n) is 13.0. The third-order valence-corrected chi connectivity index (χ3v) is 9.77. The summed E-state index contributed by atoms with van der Waals surface area (Å²) in [7, 11) is 0. The number of para-hydroxylation sites is 2. The van der Waals surface area contributed by atoms with Gasteiger partial charge in [0.1, 0.15) is 0 Å². The number of rotatable bonds is 8. The van der Waals surface area contributed by atoms with Gasteiger partial charge in [0.25, 0.3) is 0 Å². The van der Waals surface area contributed by atoms with Gasteiger partial charge in [-0.15, -0.1) is 0 Å². The summed E-state index contributed by atoms with van der Waals surface area (Å²) in [6.45, 7) is 0. The fourth-order valence-electron chi connectivity index (χ4n) is 7.40. The van der Waals surface area contributed by atoms with Crippen LogP contribution in [-0.4, -0.2) is 9.13 Å². The SMILES string of the molecule is C(=C\c1c(-c2ccccc2)n(-c2ccc(-n3c(-c4ccccc4)c(/C=C/c4ccccc4)c4ccccc43)cc2)c2ccccc12)/c1ccccc1. The third-order valence-electron chi connectivity index (χ3n) is 9.77. The maximum Gasteiger partial charge on any atom is 0.0613 e. The van der Waals surface area contributed by atoms with Crippen LogP contribution in [0.2, 0.25) is 0 Å². The molecule has 0 bridgehead atoms. The molecule has 2 heterocycles. The van der Waals surface area contributed by atoms with Crippen molar-refractivity contribution in [2.45, 2.75) is 0 Å². The van der Waals surface area contributed by atoms with Gasteiger partial charge in [0, 0.05) is 33.3 Å². The van der Waals surface area contributed by atoms with Crippen molar-refractivity contribution in [1.82, 2.24) is 9.13 Å². The molecule has 2 nitrogen and oxygen atoms in total. The number of hydrogen-bond donors (Lipinski definition) is 0. The molecule has 2 heteroatoms. The Labute approximate surface area is 304 Å². The Hall–Kier alpha value is -6.90. The first-order chi connectivity index (χ1) is 25.8. The van der Waals surface area contributed by atoms with Crippen LogP contribution in [0, 0.1) is 0 Å². The van der Waals surface area contributed by atoms with Gasteiger partial charge in [-0.3, -0.25) is 0 Å². The van der Waals surface area contributed by atoms with Gasteiger partial charge in [0.05, 0.1) is 22.4 Å². The van der Waals surface area contributed by atoms with E-state index in [1.807, 2.05) is 0 Å². The van der Waals surface area contributed by atoms with Crippen molar-refractivity contribution in [1.29, 1.82) is 0 Å². The van der Waals surface area contributed by atoms with Gasteiger partial charge >= 0.3 is 0 Å². The molecule has 0 spiro atoms. The van der Waals surface area contributed by atoms with E-state index in [1.54, 1.807) is 0 Å². The van der Waals surface area contributed by atoms with E-state index in [9.17, 15) is 0 Å². The molecule has 0 aliphatic heterocycles. The largest absolute Gasteiger partial charge is 0.309 e. The lowest BCUT2D eigenvalue weighted by atomic mass is 10.0. The summed E-state index contributed by atoms with van der Waals surface area (Å²) in [5.41, 5.74) is 14.0. The summed E-state index contributed by atoms with van der Waals surface area (Å²) in [6.07, 6.45) is 8.97. The maximum atomic E-state index is 2.42. The molecule has 52 heavy (non-hydrogen) atoms. The van der Waals surface area contributed by atoms with Crippen molar-refractivity contribution in [3.05, 3.63) is 216 Å². The van der Waals surface area contributed by atoms with Crippen LogP contribution in [0.1, 0.15) is 22.3 Å². The van der Waals surface area contributed by atoms with Crippen LogP contribution in [0.5, 0.6) is 0 Å². The van der Waals surface area contributed by atoms with E-state index in [4.69, 9.17) is 0 Å². The summed E-state index contributed by atoms with van der Waals surface area (Å²) in [6, 6.07) is 69.1. The van der Waals surface area contributed by atoms with Crippen LogP contribution in [0.3, 0.4) is 0 Å². The molecule has 0 fully saturated rings. The topological polar surface area (TPSA) is 9.86 Å². The Balaban J connectivity index is 1.24. The average molecular weight is 665 g/mol. The molecule has 0 saturated carbocycles. The van der Waals surface area contributed by atoms with Crippen LogP contribution < -0.4 is 0 Å². The lowest BCUT2D eigenvalue weighted by Gasteiger charge is -2.16. The van der Waals surface area contributed by atoms with Crippen LogP contribution in [0.25, 0.3) is 80.0 Å². The predicted molar refractivity (Wildman–Crippen MR) is 222 cm³/mol. The molecular weight excluding hydrogens is 629 g/mol. The highest BCUT2D eigenvalue weighted by atomic mass is 15.0. The van der Waals surface area contributed by atoms with E-state index in [0.29, 0.717) is 0 Å². The van der Waals surface area contributed by atoms with E-state index in [-0.39, 0.29) is 0 Å². The van der Waals surface area contributed by atoms with Gasteiger partial charge in [-0.1, -0.05) is 182 Å². The monoisotopic (exact) mass is 664 g/mol. The minimum Gasteiger partial charge on any atom is -0.309 e. The van der Waals surface area contributed by atoms with E-state index >= 15 is 0 Å². The highest BCUT2D eigenvalue weighted by Crippen LogP contribution is 2.40. The van der Waals surface area contributed by atoms with Crippen LogP contribution in [0.15, 0.2) is 194 Å². The van der Waals surface area contributed by atoms with Crippen LogP contribution >= 0.6 is 0 Å². The average Bonchev–Trinajstić information content (AvgIpc) is 3.73. The molecule has 9 aromatic rings. The molecular formula is C50H36N2. The van der Waals surface area contributed by atoms with Crippen LogP contribution in [0.4, 0.5) is 0 Å².